The number of aryl methyl sites for hydroxylation is 2. The number of carbonyl (C=O) groups excluding carboxylic acids is 1. The predicted molar refractivity (Wildman–Crippen MR) is 97.6 cm³/mol. The van der Waals surface area contributed by atoms with Crippen molar-refractivity contribution in [1.29, 1.82) is 0 Å². The molecule has 0 aliphatic carbocycles. The molecule has 0 fully saturated rings. The van der Waals surface area contributed by atoms with Crippen molar-refractivity contribution in [2.75, 3.05) is 25.0 Å². The summed E-state index contributed by atoms with van der Waals surface area (Å²) >= 11 is 0. The van der Waals surface area contributed by atoms with Crippen molar-refractivity contribution in [2.45, 2.75) is 40.0 Å². The Hall–Kier alpha value is -2.50. The van der Waals surface area contributed by atoms with Crippen LogP contribution in [0.3, 0.4) is 0 Å². The quantitative estimate of drug-likeness (QED) is 0.923. The second-order valence-electron chi connectivity index (χ2n) is 6.49. The van der Waals surface area contributed by atoms with Crippen molar-refractivity contribution in [3.8, 4) is 0 Å². The highest BCUT2D eigenvalue weighted by Gasteiger charge is 2.20. The van der Waals surface area contributed by atoms with Gasteiger partial charge in [-0.3, -0.25) is 9.78 Å². The highest BCUT2D eigenvalue weighted by atomic mass is 16.2. The third-order valence-electron chi connectivity index (χ3n) is 4.67. The van der Waals surface area contributed by atoms with Gasteiger partial charge < -0.3 is 10.2 Å². The molecule has 132 valence electrons. The van der Waals surface area contributed by atoms with Crippen LogP contribution < -0.4 is 5.32 Å². The summed E-state index contributed by atoms with van der Waals surface area (Å²) in [6, 6.07) is 4.04. The van der Waals surface area contributed by atoms with Gasteiger partial charge in [0.05, 0.1) is 5.69 Å². The fourth-order valence-corrected chi connectivity index (χ4v) is 3.26. The van der Waals surface area contributed by atoms with Crippen LogP contribution in [0.1, 0.15) is 35.3 Å². The normalized spacial score (nSPS) is 14.0. The van der Waals surface area contributed by atoms with Crippen LogP contribution in [0.25, 0.3) is 0 Å². The summed E-state index contributed by atoms with van der Waals surface area (Å²) in [5, 5.41) is 3.47. The molecule has 0 spiro atoms. The van der Waals surface area contributed by atoms with E-state index >= 15 is 0 Å². The number of rotatable bonds is 4. The summed E-state index contributed by atoms with van der Waals surface area (Å²) in [6.45, 7) is 7.86. The number of fused-ring (bicyclic) bond motifs is 1. The number of aromatic nitrogens is 3. The summed E-state index contributed by atoms with van der Waals surface area (Å²) < 4.78 is 0. The van der Waals surface area contributed by atoms with Crippen LogP contribution in [0.4, 0.5) is 5.82 Å². The zero-order valence-corrected chi connectivity index (χ0v) is 15.2. The molecule has 2 aromatic heterocycles. The van der Waals surface area contributed by atoms with Gasteiger partial charge >= 0.3 is 0 Å². The first kappa shape index (κ1) is 17.3. The summed E-state index contributed by atoms with van der Waals surface area (Å²) in [6.07, 6.45) is 4.26. The van der Waals surface area contributed by atoms with Crippen molar-refractivity contribution < 1.29 is 4.79 Å². The smallest absolute Gasteiger partial charge is 0.219 e. The second kappa shape index (κ2) is 7.59. The SMILES string of the molecule is CC(=O)N1CCc2nc(C)nc(NCCc3ncccc3C)c2CC1. The van der Waals surface area contributed by atoms with Crippen LogP contribution in [-0.2, 0) is 24.1 Å². The van der Waals surface area contributed by atoms with E-state index in [2.05, 4.69) is 33.3 Å². The predicted octanol–water partition coefficient (Wildman–Crippen LogP) is 2.09. The number of amides is 1. The van der Waals surface area contributed by atoms with Gasteiger partial charge in [0.1, 0.15) is 11.6 Å². The molecule has 0 atom stereocenters. The number of hydrogen-bond donors (Lipinski definition) is 1. The molecular weight excluding hydrogens is 314 g/mol. The molecule has 6 heteroatoms. The van der Waals surface area contributed by atoms with E-state index in [1.807, 2.05) is 24.1 Å². The van der Waals surface area contributed by atoms with Gasteiger partial charge in [0.15, 0.2) is 0 Å². The van der Waals surface area contributed by atoms with Crippen molar-refractivity contribution >= 4 is 11.7 Å². The minimum absolute atomic E-state index is 0.123. The molecular formula is C19H25N5O. The van der Waals surface area contributed by atoms with Crippen LogP contribution in [0.2, 0.25) is 0 Å². The Morgan fingerprint density at radius 3 is 2.80 bits per heavy atom. The molecule has 1 amide bonds. The van der Waals surface area contributed by atoms with Crippen LogP contribution in [-0.4, -0.2) is 45.4 Å². The number of hydrogen-bond acceptors (Lipinski definition) is 5. The maximum atomic E-state index is 11.7. The van der Waals surface area contributed by atoms with E-state index in [0.29, 0.717) is 0 Å². The molecule has 6 nitrogen and oxygen atoms in total. The van der Waals surface area contributed by atoms with E-state index in [1.165, 1.54) is 5.56 Å². The molecule has 0 bridgehead atoms. The maximum Gasteiger partial charge on any atom is 0.219 e. The molecule has 0 saturated carbocycles. The van der Waals surface area contributed by atoms with Gasteiger partial charge in [0, 0.05) is 56.9 Å². The van der Waals surface area contributed by atoms with Crippen LogP contribution >= 0.6 is 0 Å². The highest BCUT2D eigenvalue weighted by Crippen LogP contribution is 2.21. The Bertz CT molecular complexity index is 774. The lowest BCUT2D eigenvalue weighted by molar-refractivity contribution is -0.128. The van der Waals surface area contributed by atoms with E-state index in [0.717, 1.165) is 67.5 Å². The lowest BCUT2D eigenvalue weighted by atomic mass is 10.1. The largest absolute Gasteiger partial charge is 0.369 e. The number of nitrogens with zero attached hydrogens (tertiary/aromatic N) is 4. The first-order valence-electron chi connectivity index (χ1n) is 8.81. The monoisotopic (exact) mass is 339 g/mol. The molecule has 1 aliphatic rings. The molecule has 2 aromatic rings. The molecule has 25 heavy (non-hydrogen) atoms. The zero-order chi connectivity index (χ0) is 17.8. The van der Waals surface area contributed by atoms with Gasteiger partial charge in [-0.1, -0.05) is 6.07 Å². The minimum atomic E-state index is 0.123. The molecule has 0 saturated heterocycles. The Labute approximate surface area is 148 Å². The Kier molecular flexibility index (Phi) is 5.26. The van der Waals surface area contributed by atoms with Crippen molar-refractivity contribution in [2.24, 2.45) is 0 Å². The van der Waals surface area contributed by atoms with Crippen LogP contribution in [0.15, 0.2) is 18.3 Å². The van der Waals surface area contributed by atoms with Crippen molar-refractivity contribution in [3.63, 3.8) is 0 Å². The van der Waals surface area contributed by atoms with Gasteiger partial charge in [-0.25, -0.2) is 9.97 Å². The lowest BCUT2D eigenvalue weighted by Crippen LogP contribution is -2.31. The summed E-state index contributed by atoms with van der Waals surface area (Å²) in [5.74, 6) is 1.80. The molecule has 3 heterocycles. The molecule has 0 radical (unpaired) electrons. The molecule has 0 aromatic carbocycles. The molecule has 3 rings (SSSR count). The fourth-order valence-electron chi connectivity index (χ4n) is 3.26. The second-order valence-corrected chi connectivity index (χ2v) is 6.49. The topological polar surface area (TPSA) is 71.0 Å². The average molecular weight is 339 g/mol. The van der Waals surface area contributed by atoms with Gasteiger partial charge in [-0.2, -0.15) is 0 Å². The van der Waals surface area contributed by atoms with Crippen LogP contribution in [0.5, 0.6) is 0 Å². The van der Waals surface area contributed by atoms with E-state index in [9.17, 15) is 4.79 Å². The molecule has 0 unspecified atom stereocenters. The zero-order valence-electron chi connectivity index (χ0n) is 15.2. The number of nitrogens with one attached hydrogen (secondary N) is 1. The van der Waals surface area contributed by atoms with Gasteiger partial charge in [-0.05, 0) is 31.9 Å². The van der Waals surface area contributed by atoms with Gasteiger partial charge in [0.2, 0.25) is 5.91 Å². The number of anilines is 1. The molecule has 1 aliphatic heterocycles. The van der Waals surface area contributed by atoms with Gasteiger partial charge in [0.25, 0.3) is 0 Å². The van der Waals surface area contributed by atoms with E-state index in [1.54, 1.807) is 6.92 Å². The lowest BCUT2D eigenvalue weighted by Gasteiger charge is -2.17. The first-order valence-corrected chi connectivity index (χ1v) is 8.81. The standard InChI is InChI=1S/C19H25N5O/c1-13-5-4-9-20-17(13)6-10-21-19-16-7-11-24(15(3)25)12-8-18(16)22-14(2)23-19/h4-5,9H,6-8,10-12H2,1-3H3,(H,21,22,23). The van der Waals surface area contributed by atoms with E-state index < -0.39 is 0 Å². The van der Waals surface area contributed by atoms with Gasteiger partial charge in [-0.15, -0.1) is 0 Å². The summed E-state index contributed by atoms with van der Waals surface area (Å²) in [4.78, 5) is 27.2. The van der Waals surface area contributed by atoms with E-state index in [-0.39, 0.29) is 5.91 Å². The van der Waals surface area contributed by atoms with Crippen LogP contribution in [0, 0.1) is 13.8 Å². The highest BCUT2D eigenvalue weighted by molar-refractivity contribution is 5.73. The summed E-state index contributed by atoms with van der Waals surface area (Å²) in [5.41, 5.74) is 4.52. The Morgan fingerprint density at radius 2 is 2.04 bits per heavy atom. The van der Waals surface area contributed by atoms with Crippen molar-refractivity contribution in [3.05, 3.63) is 46.7 Å². The number of carbonyl (C=O) groups is 1. The first-order chi connectivity index (χ1) is 12.0. The third-order valence-corrected chi connectivity index (χ3v) is 4.67. The maximum absolute atomic E-state index is 11.7. The molecule has 1 N–H and O–H groups in total. The average Bonchev–Trinajstić information content (AvgIpc) is 2.79. The Morgan fingerprint density at radius 1 is 1.24 bits per heavy atom. The minimum Gasteiger partial charge on any atom is -0.369 e. The van der Waals surface area contributed by atoms with Crippen molar-refractivity contribution in [1.82, 2.24) is 19.9 Å². The van der Waals surface area contributed by atoms with E-state index in [4.69, 9.17) is 0 Å². The summed E-state index contributed by atoms with van der Waals surface area (Å²) in [7, 11) is 0. The number of pyridine rings is 1. The Balaban J connectivity index is 1.73. The third kappa shape index (κ3) is 4.13. The fraction of sp³-hybridized carbons (Fsp3) is 0.474.